The van der Waals surface area contributed by atoms with Crippen LogP contribution in [0.15, 0.2) is 24.3 Å². The number of likely N-dealkylation sites (tertiary alicyclic amines) is 1. The molecule has 2 fully saturated rings. The summed E-state index contributed by atoms with van der Waals surface area (Å²) in [5.41, 5.74) is 2.14. The molecule has 4 rings (SSSR count). The van der Waals surface area contributed by atoms with Gasteiger partial charge in [0.25, 0.3) is 0 Å². The third-order valence-electron chi connectivity index (χ3n) is 5.23. The van der Waals surface area contributed by atoms with Gasteiger partial charge >= 0.3 is 0 Å². The van der Waals surface area contributed by atoms with E-state index in [1.807, 2.05) is 18.2 Å². The second-order valence-corrected chi connectivity index (χ2v) is 6.59. The Morgan fingerprint density at radius 2 is 2.00 bits per heavy atom. The third kappa shape index (κ3) is 2.53. The molecule has 122 valence electrons. The summed E-state index contributed by atoms with van der Waals surface area (Å²) in [4.78, 5) is 19.8. The third-order valence-corrected chi connectivity index (χ3v) is 5.23. The molecule has 2 saturated heterocycles. The standard InChI is InChI=1S/C18H23N3O2/c1-20-15-6-3-2-5-14(15)19-17(20)16-7-4-10-21(16)18(22)13-8-11-23-12-9-13/h2-3,5-6,13,16H,4,7-12H2,1H3/t16-/m1/s1. The summed E-state index contributed by atoms with van der Waals surface area (Å²) < 4.78 is 7.54. The van der Waals surface area contributed by atoms with E-state index >= 15 is 0 Å². The number of aromatic nitrogens is 2. The lowest BCUT2D eigenvalue weighted by Gasteiger charge is -2.30. The fourth-order valence-corrected chi connectivity index (χ4v) is 3.94. The van der Waals surface area contributed by atoms with Gasteiger partial charge in [-0.3, -0.25) is 4.79 Å². The number of carbonyl (C=O) groups is 1. The zero-order valence-corrected chi connectivity index (χ0v) is 13.6. The van der Waals surface area contributed by atoms with Crippen LogP contribution in [-0.4, -0.2) is 40.1 Å². The highest BCUT2D eigenvalue weighted by Crippen LogP contribution is 2.35. The van der Waals surface area contributed by atoms with Crippen LogP contribution in [0.4, 0.5) is 0 Å². The molecular weight excluding hydrogens is 290 g/mol. The van der Waals surface area contributed by atoms with E-state index in [0.29, 0.717) is 19.1 Å². The van der Waals surface area contributed by atoms with E-state index in [2.05, 4.69) is 22.6 Å². The first-order valence-electron chi connectivity index (χ1n) is 8.55. The Balaban J connectivity index is 1.63. The molecule has 0 aliphatic carbocycles. The zero-order chi connectivity index (χ0) is 15.8. The van der Waals surface area contributed by atoms with Crippen molar-refractivity contribution in [2.75, 3.05) is 19.8 Å². The smallest absolute Gasteiger partial charge is 0.226 e. The van der Waals surface area contributed by atoms with Crippen LogP contribution >= 0.6 is 0 Å². The number of carbonyl (C=O) groups excluding carboxylic acids is 1. The Labute approximate surface area is 136 Å². The maximum atomic E-state index is 12.9. The Hall–Kier alpha value is -1.88. The molecule has 1 atom stereocenters. The predicted molar refractivity (Wildman–Crippen MR) is 87.9 cm³/mol. The van der Waals surface area contributed by atoms with Gasteiger partial charge in [-0.25, -0.2) is 4.98 Å². The molecule has 0 radical (unpaired) electrons. The van der Waals surface area contributed by atoms with Crippen molar-refractivity contribution in [2.45, 2.75) is 31.7 Å². The molecule has 3 heterocycles. The van der Waals surface area contributed by atoms with E-state index in [-0.39, 0.29) is 12.0 Å². The van der Waals surface area contributed by atoms with Gasteiger partial charge in [0.1, 0.15) is 5.82 Å². The second kappa shape index (κ2) is 5.96. The molecular formula is C18H23N3O2. The molecule has 2 aliphatic rings. The zero-order valence-electron chi connectivity index (χ0n) is 13.6. The van der Waals surface area contributed by atoms with Crippen molar-refractivity contribution in [1.29, 1.82) is 0 Å². The van der Waals surface area contributed by atoms with Crippen molar-refractivity contribution in [3.8, 4) is 0 Å². The number of hydrogen-bond acceptors (Lipinski definition) is 3. The fraction of sp³-hybridized carbons (Fsp3) is 0.556. The van der Waals surface area contributed by atoms with Crippen molar-refractivity contribution < 1.29 is 9.53 Å². The molecule has 1 aromatic carbocycles. The number of hydrogen-bond donors (Lipinski definition) is 0. The van der Waals surface area contributed by atoms with Crippen molar-refractivity contribution in [1.82, 2.24) is 14.5 Å². The first-order chi connectivity index (χ1) is 11.3. The molecule has 0 bridgehead atoms. The number of amides is 1. The predicted octanol–water partition coefficient (Wildman–Crippen LogP) is 2.66. The van der Waals surface area contributed by atoms with Gasteiger partial charge in [-0.1, -0.05) is 12.1 Å². The van der Waals surface area contributed by atoms with Crippen LogP contribution in [0.1, 0.15) is 37.5 Å². The van der Waals surface area contributed by atoms with Gasteiger partial charge in [-0.2, -0.15) is 0 Å². The van der Waals surface area contributed by atoms with Gasteiger partial charge in [-0.15, -0.1) is 0 Å². The summed E-state index contributed by atoms with van der Waals surface area (Å²) in [6.07, 6.45) is 3.77. The summed E-state index contributed by atoms with van der Waals surface area (Å²) in [5.74, 6) is 1.44. The molecule has 0 saturated carbocycles. The van der Waals surface area contributed by atoms with Crippen LogP contribution in [0.2, 0.25) is 0 Å². The first kappa shape index (κ1) is 14.7. The number of nitrogens with zero attached hydrogens (tertiary/aromatic N) is 3. The Morgan fingerprint density at radius 3 is 2.78 bits per heavy atom. The number of para-hydroxylation sites is 2. The van der Waals surface area contributed by atoms with E-state index in [1.54, 1.807) is 0 Å². The number of imidazole rings is 1. The first-order valence-corrected chi connectivity index (χ1v) is 8.55. The van der Waals surface area contributed by atoms with Crippen LogP contribution in [0, 0.1) is 5.92 Å². The van der Waals surface area contributed by atoms with Crippen molar-refractivity contribution in [3.63, 3.8) is 0 Å². The average Bonchev–Trinajstić information content (AvgIpc) is 3.20. The van der Waals surface area contributed by atoms with Gasteiger partial charge in [0.15, 0.2) is 0 Å². The monoisotopic (exact) mass is 313 g/mol. The van der Waals surface area contributed by atoms with E-state index in [9.17, 15) is 4.79 Å². The minimum atomic E-state index is 0.114. The lowest BCUT2D eigenvalue weighted by molar-refractivity contribution is -0.139. The number of rotatable bonds is 2. The lowest BCUT2D eigenvalue weighted by atomic mass is 9.98. The van der Waals surface area contributed by atoms with Crippen LogP contribution in [0.3, 0.4) is 0 Å². The molecule has 0 unspecified atom stereocenters. The highest BCUT2D eigenvalue weighted by Gasteiger charge is 2.36. The molecule has 2 aromatic rings. The molecule has 5 nitrogen and oxygen atoms in total. The van der Waals surface area contributed by atoms with Crippen LogP contribution < -0.4 is 0 Å². The van der Waals surface area contributed by atoms with Gasteiger partial charge in [0.05, 0.1) is 17.1 Å². The summed E-state index contributed by atoms with van der Waals surface area (Å²) >= 11 is 0. The summed E-state index contributed by atoms with van der Waals surface area (Å²) in [7, 11) is 2.06. The highest BCUT2D eigenvalue weighted by atomic mass is 16.5. The molecule has 0 spiro atoms. The van der Waals surface area contributed by atoms with Crippen LogP contribution in [0.25, 0.3) is 11.0 Å². The van der Waals surface area contributed by atoms with Gasteiger partial charge in [-0.05, 0) is 37.8 Å². The Kier molecular flexibility index (Phi) is 3.81. The van der Waals surface area contributed by atoms with Crippen LogP contribution in [-0.2, 0) is 16.6 Å². The van der Waals surface area contributed by atoms with Gasteiger partial charge in [0, 0.05) is 32.7 Å². The van der Waals surface area contributed by atoms with E-state index in [1.165, 1.54) is 0 Å². The Bertz CT molecular complexity index is 718. The minimum Gasteiger partial charge on any atom is -0.381 e. The van der Waals surface area contributed by atoms with Crippen molar-refractivity contribution >= 4 is 16.9 Å². The molecule has 5 heteroatoms. The lowest BCUT2D eigenvalue weighted by Crippen LogP contribution is -2.38. The molecule has 1 amide bonds. The summed E-state index contributed by atoms with van der Waals surface area (Å²) in [6.45, 7) is 2.27. The van der Waals surface area contributed by atoms with Gasteiger partial charge < -0.3 is 14.2 Å². The van der Waals surface area contributed by atoms with Gasteiger partial charge in [0.2, 0.25) is 5.91 Å². The SMILES string of the molecule is Cn1c([C@H]2CCCN2C(=O)C2CCOCC2)nc2ccccc21. The normalized spacial score (nSPS) is 22.8. The topological polar surface area (TPSA) is 47.4 Å². The summed E-state index contributed by atoms with van der Waals surface area (Å²) in [6, 6.07) is 8.29. The van der Waals surface area contributed by atoms with E-state index < -0.39 is 0 Å². The Morgan fingerprint density at radius 1 is 1.22 bits per heavy atom. The second-order valence-electron chi connectivity index (χ2n) is 6.59. The summed E-state index contributed by atoms with van der Waals surface area (Å²) in [5, 5.41) is 0. The van der Waals surface area contributed by atoms with Crippen molar-refractivity contribution in [2.24, 2.45) is 13.0 Å². The fourth-order valence-electron chi connectivity index (χ4n) is 3.94. The molecule has 1 aromatic heterocycles. The molecule has 23 heavy (non-hydrogen) atoms. The number of ether oxygens (including phenoxy) is 1. The van der Waals surface area contributed by atoms with E-state index in [0.717, 1.165) is 49.1 Å². The maximum absolute atomic E-state index is 12.9. The largest absolute Gasteiger partial charge is 0.381 e. The quantitative estimate of drug-likeness (QED) is 0.856. The minimum absolute atomic E-state index is 0.114. The number of aryl methyl sites for hydroxylation is 1. The molecule has 2 aliphatic heterocycles. The maximum Gasteiger partial charge on any atom is 0.226 e. The average molecular weight is 313 g/mol. The van der Waals surface area contributed by atoms with E-state index in [4.69, 9.17) is 9.72 Å². The van der Waals surface area contributed by atoms with Crippen LogP contribution in [0.5, 0.6) is 0 Å². The van der Waals surface area contributed by atoms with Crippen molar-refractivity contribution in [3.05, 3.63) is 30.1 Å². The number of benzene rings is 1. The number of fused-ring (bicyclic) bond motifs is 1. The molecule has 0 N–H and O–H groups in total. The highest BCUT2D eigenvalue weighted by molar-refractivity contribution is 5.80.